The third kappa shape index (κ3) is 2.17. The van der Waals surface area contributed by atoms with Crippen LogP contribution in [0, 0.1) is 0 Å². The van der Waals surface area contributed by atoms with E-state index in [9.17, 15) is 4.79 Å². The highest BCUT2D eigenvalue weighted by Crippen LogP contribution is 2.04. The lowest BCUT2D eigenvalue weighted by molar-refractivity contribution is -0.0757. The molecule has 0 unspecified atom stereocenters. The van der Waals surface area contributed by atoms with Crippen LogP contribution in [0.3, 0.4) is 0 Å². The summed E-state index contributed by atoms with van der Waals surface area (Å²) >= 11 is 0. The summed E-state index contributed by atoms with van der Waals surface area (Å²) in [5.41, 5.74) is 1.22. The summed E-state index contributed by atoms with van der Waals surface area (Å²) in [6.07, 6.45) is 3.11. The summed E-state index contributed by atoms with van der Waals surface area (Å²) in [5, 5.41) is 1.14. The second-order valence-electron chi connectivity index (χ2n) is 2.66. The maximum Gasteiger partial charge on any atom is 0.278 e. The Morgan fingerprint density at radius 1 is 1.64 bits per heavy atom. The van der Waals surface area contributed by atoms with E-state index in [1.54, 1.807) is 25.3 Å². The number of rotatable bonds is 3. The number of nitrogens with zero attached hydrogens (tertiary/aromatic N) is 2. The number of hydrogen-bond acceptors (Lipinski definition) is 3. The van der Waals surface area contributed by atoms with Crippen LogP contribution >= 0.6 is 0 Å². The molecule has 1 rings (SSSR count). The Hall–Kier alpha value is -1.68. The topological polar surface area (TPSA) is 42.4 Å². The molecule has 0 fully saturated rings. The quantitative estimate of drug-likeness (QED) is 0.679. The van der Waals surface area contributed by atoms with Gasteiger partial charge in [-0.05, 0) is 18.2 Å². The molecule has 0 aliphatic carbocycles. The SMILES string of the molecule is C=Cc1ccc(C(=O)N(C)OC)cn1. The summed E-state index contributed by atoms with van der Waals surface area (Å²) in [6.45, 7) is 3.57. The minimum Gasteiger partial charge on any atom is -0.274 e. The van der Waals surface area contributed by atoms with Gasteiger partial charge in [0, 0.05) is 13.2 Å². The van der Waals surface area contributed by atoms with Gasteiger partial charge in [0.2, 0.25) is 0 Å². The van der Waals surface area contributed by atoms with Gasteiger partial charge in [-0.2, -0.15) is 0 Å². The van der Waals surface area contributed by atoms with Crippen molar-refractivity contribution < 1.29 is 9.63 Å². The van der Waals surface area contributed by atoms with E-state index in [1.165, 1.54) is 13.3 Å². The molecule has 0 radical (unpaired) electrons. The van der Waals surface area contributed by atoms with Crippen molar-refractivity contribution in [2.75, 3.05) is 14.2 Å². The summed E-state index contributed by atoms with van der Waals surface area (Å²) in [6, 6.07) is 3.41. The van der Waals surface area contributed by atoms with E-state index in [-0.39, 0.29) is 5.91 Å². The Balaban J connectivity index is 2.86. The molecule has 0 bridgehead atoms. The van der Waals surface area contributed by atoms with E-state index in [1.807, 2.05) is 0 Å². The highest BCUT2D eigenvalue weighted by Gasteiger charge is 2.10. The fourth-order valence-electron chi connectivity index (χ4n) is 0.917. The summed E-state index contributed by atoms with van der Waals surface area (Å²) < 4.78 is 0. The lowest BCUT2D eigenvalue weighted by Gasteiger charge is -2.12. The van der Waals surface area contributed by atoms with Crippen LogP contribution < -0.4 is 0 Å². The van der Waals surface area contributed by atoms with Crippen molar-refractivity contribution in [2.24, 2.45) is 0 Å². The first-order chi connectivity index (χ1) is 6.69. The Labute approximate surface area is 82.8 Å². The van der Waals surface area contributed by atoms with Gasteiger partial charge in [0.25, 0.3) is 5.91 Å². The molecular weight excluding hydrogens is 180 g/mol. The summed E-state index contributed by atoms with van der Waals surface area (Å²) in [5.74, 6) is -0.226. The Morgan fingerprint density at radius 3 is 2.79 bits per heavy atom. The zero-order valence-electron chi connectivity index (χ0n) is 8.23. The zero-order chi connectivity index (χ0) is 10.6. The van der Waals surface area contributed by atoms with Crippen molar-refractivity contribution in [3.63, 3.8) is 0 Å². The molecule has 4 nitrogen and oxygen atoms in total. The van der Waals surface area contributed by atoms with Gasteiger partial charge < -0.3 is 0 Å². The van der Waals surface area contributed by atoms with Gasteiger partial charge in [0.1, 0.15) is 0 Å². The molecule has 1 aromatic heterocycles. The molecular formula is C10H12N2O2. The van der Waals surface area contributed by atoms with Gasteiger partial charge in [-0.15, -0.1) is 0 Å². The lowest BCUT2D eigenvalue weighted by atomic mass is 10.2. The lowest BCUT2D eigenvalue weighted by Crippen LogP contribution is -2.25. The van der Waals surface area contributed by atoms with Gasteiger partial charge >= 0.3 is 0 Å². The maximum atomic E-state index is 11.5. The molecule has 0 atom stereocenters. The predicted octanol–water partition coefficient (Wildman–Crippen LogP) is 1.36. The molecule has 0 saturated heterocycles. The minimum atomic E-state index is -0.226. The standard InChI is InChI=1S/C10H12N2O2/c1-4-9-6-5-8(7-11-9)10(13)12(2)14-3/h4-7H,1H2,2-3H3. The molecule has 14 heavy (non-hydrogen) atoms. The van der Waals surface area contributed by atoms with Crippen LogP contribution in [0.15, 0.2) is 24.9 Å². The number of carbonyl (C=O) groups excluding carboxylic acids is 1. The molecule has 0 N–H and O–H groups in total. The molecule has 0 spiro atoms. The van der Waals surface area contributed by atoms with Gasteiger partial charge in [0.15, 0.2) is 0 Å². The van der Waals surface area contributed by atoms with Crippen LogP contribution in [0.4, 0.5) is 0 Å². The Morgan fingerprint density at radius 2 is 2.36 bits per heavy atom. The molecule has 74 valence electrons. The molecule has 1 heterocycles. The van der Waals surface area contributed by atoms with Crippen molar-refractivity contribution >= 4 is 12.0 Å². The third-order valence-corrected chi connectivity index (χ3v) is 1.80. The number of hydrogen-bond donors (Lipinski definition) is 0. The molecule has 1 aromatic rings. The van der Waals surface area contributed by atoms with Crippen molar-refractivity contribution in [1.82, 2.24) is 10.0 Å². The predicted molar refractivity (Wildman–Crippen MR) is 53.4 cm³/mol. The maximum absolute atomic E-state index is 11.5. The van der Waals surface area contributed by atoms with Gasteiger partial charge in [-0.3, -0.25) is 14.6 Å². The third-order valence-electron chi connectivity index (χ3n) is 1.80. The van der Waals surface area contributed by atoms with Crippen molar-refractivity contribution in [3.8, 4) is 0 Å². The average molecular weight is 192 g/mol. The zero-order valence-corrected chi connectivity index (χ0v) is 8.23. The largest absolute Gasteiger partial charge is 0.278 e. The number of carbonyl (C=O) groups is 1. The van der Waals surface area contributed by atoms with Crippen LogP contribution in [0.25, 0.3) is 6.08 Å². The van der Waals surface area contributed by atoms with Crippen molar-refractivity contribution in [2.45, 2.75) is 0 Å². The molecule has 0 aliphatic rings. The molecule has 0 aliphatic heterocycles. The van der Waals surface area contributed by atoms with Crippen LogP contribution in [-0.4, -0.2) is 30.1 Å². The average Bonchev–Trinajstić information content (AvgIpc) is 2.27. The van der Waals surface area contributed by atoms with Gasteiger partial charge in [-0.1, -0.05) is 6.58 Å². The van der Waals surface area contributed by atoms with E-state index >= 15 is 0 Å². The normalized spacial score (nSPS) is 9.57. The van der Waals surface area contributed by atoms with Crippen molar-refractivity contribution in [1.29, 1.82) is 0 Å². The first kappa shape index (κ1) is 10.4. The first-order valence-electron chi connectivity index (χ1n) is 4.09. The second kappa shape index (κ2) is 4.53. The Kier molecular flexibility index (Phi) is 3.36. The van der Waals surface area contributed by atoms with Crippen LogP contribution in [0.2, 0.25) is 0 Å². The van der Waals surface area contributed by atoms with E-state index in [2.05, 4.69) is 11.6 Å². The first-order valence-corrected chi connectivity index (χ1v) is 4.09. The van der Waals surface area contributed by atoms with Crippen LogP contribution in [0.1, 0.15) is 16.1 Å². The second-order valence-corrected chi connectivity index (χ2v) is 2.66. The van der Waals surface area contributed by atoms with Crippen LogP contribution in [-0.2, 0) is 4.84 Å². The van der Waals surface area contributed by atoms with E-state index in [4.69, 9.17) is 4.84 Å². The van der Waals surface area contributed by atoms with E-state index in [0.717, 1.165) is 10.8 Å². The number of aromatic nitrogens is 1. The van der Waals surface area contributed by atoms with E-state index in [0.29, 0.717) is 5.56 Å². The molecule has 4 heteroatoms. The summed E-state index contributed by atoms with van der Waals surface area (Å²) in [7, 11) is 2.98. The fourth-order valence-corrected chi connectivity index (χ4v) is 0.917. The number of pyridine rings is 1. The minimum absolute atomic E-state index is 0.226. The number of amides is 1. The summed E-state index contributed by atoms with van der Waals surface area (Å²) in [4.78, 5) is 20.3. The highest BCUT2D eigenvalue weighted by molar-refractivity contribution is 5.93. The molecule has 0 aromatic carbocycles. The smallest absolute Gasteiger partial charge is 0.274 e. The highest BCUT2D eigenvalue weighted by atomic mass is 16.7. The van der Waals surface area contributed by atoms with Gasteiger partial charge in [-0.25, -0.2) is 5.06 Å². The van der Waals surface area contributed by atoms with Crippen molar-refractivity contribution in [3.05, 3.63) is 36.2 Å². The molecule has 0 saturated carbocycles. The van der Waals surface area contributed by atoms with Crippen LogP contribution in [0.5, 0.6) is 0 Å². The number of hydroxylamine groups is 2. The molecule has 1 amide bonds. The van der Waals surface area contributed by atoms with Gasteiger partial charge in [0.05, 0.1) is 18.4 Å². The Bertz CT molecular complexity index is 332. The fraction of sp³-hybridized carbons (Fsp3) is 0.200. The van der Waals surface area contributed by atoms with E-state index < -0.39 is 0 Å². The monoisotopic (exact) mass is 192 g/mol.